The zero-order chi connectivity index (χ0) is 25.2. The summed E-state index contributed by atoms with van der Waals surface area (Å²) >= 11 is 0. The molecule has 0 saturated heterocycles. The number of primary sulfonamides is 1. The fourth-order valence-corrected chi connectivity index (χ4v) is 2.55. The zero-order valence-electron chi connectivity index (χ0n) is 21.1. The van der Waals surface area contributed by atoms with Crippen molar-refractivity contribution in [2.45, 2.75) is 24.6 Å². The summed E-state index contributed by atoms with van der Waals surface area (Å²) in [5.74, 6) is -2.00. The first-order valence-corrected chi connectivity index (χ1v) is 8.45. The molecule has 2 aromatic rings. The first-order chi connectivity index (χ1) is 15.1. The number of benzene rings is 2. The van der Waals surface area contributed by atoms with Gasteiger partial charge in [-0.15, -0.1) is 0 Å². The molecule has 2 aromatic carbocycles. The molecule has 0 aliphatic carbocycles. The quantitative estimate of drug-likeness (QED) is 0.622. The van der Waals surface area contributed by atoms with Crippen molar-refractivity contribution in [3.63, 3.8) is 0 Å². The molecule has 0 saturated carbocycles. The van der Waals surface area contributed by atoms with Gasteiger partial charge in [-0.2, -0.15) is 0 Å². The average Bonchev–Trinajstić information content (AvgIpc) is 2.71. The number of hydrogen-bond donors (Lipinski definition) is 3. The molecular weight excluding hydrogens is 344 g/mol. The van der Waals surface area contributed by atoms with Crippen LogP contribution in [0.5, 0.6) is 11.5 Å². The molecule has 0 atom stereocenters. The highest BCUT2D eigenvalue weighted by Gasteiger charge is 2.23. The Bertz CT molecular complexity index is 1110. The average molecular weight is 372 g/mol. The number of carboxylic acids is 1. The Morgan fingerprint density at radius 3 is 2.84 bits per heavy atom. The van der Waals surface area contributed by atoms with E-state index in [1.807, 2.05) is 0 Å². The maximum Gasteiger partial charge on any atom is 0.335 e. The van der Waals surface area contributed by atoms with Crippen LogP contribution in [0.2, 0.25) is 4.24 Å². The monoisotopic (exact) mass is 372 g/mol. The van der Waals surface area contributed by atoms with E-state index in [-0.39, 0.29) is 11.1 Å². The molecule has 0 aliphatic heterocycles. The van der Waals surface area contributed by atoms with Gasteiger partial charge in [0.05, 0.1) is 11.3 Å². The van der Waals surface area contributed by atoms with Crippen molar-refractivity contribution in [1.82, 2.24) is 0 Å². The molecule has 0 spiro atoms. The Balaban J connectivity index is 2.88. The Labute approximate surface area is 158 Å². The van der Waals surface area contributed by atoms with Gasteiger partial charge in [0.25, 0.3) is 1.43 Å². The molecule has 25 heavy (non-hydrogen) atoms. The van der Waals surface area contributed by atoms with E-state index in [1.54, 1.807) is 18.2 Å². The zero-order valence-corrected chi connectivity index (χ0v) is 13.9. The maximum atomic E-state index is 12.7. The summed E-state index contributed by atoms with van der Waals surface area (Å²) in [5.41, 5.74) is -1.25. The van der Waals surface area contributed by atoms with Crippen LogP contribution in [0.15, 0.2) is 47.4 Å². The summed E-state index contributed by atoms with van der Waals surface area (Å²) in [5, 5.41) is 3.33. The van der Waals surface area contributed by atoms with Crippen LogP contribution in [-0.2, 0) is 10.0 Å². The summed E-state index contributed by atoms with van der Waals surface area (Å²) < 4.78 is 92.2. The molecule has 7 nitrogen and oxygen atoms in total. The van der Waals surface area contributed by atoms with Gasteiger partial charge in [-0.3, -0.25) is 0 Å². The third-order valence-corrected chi connectivity index (χ3v) is 3.83. The number of aromatic carboxylic acids is 1. The molecule has 0 unspecified atom stereocenters. The van der Waals surface area contributed by atoms with Gasteiger partial charge in [0.2, 0.25) is 10.0 Å². The van der Waals surface area contributed by atoms with E-state index in [9.17, 15) is 13.2 Å². The van der Waals surface area contributed by atoms with Crippen LogP contribution < -0.4 is 15.2 Å². The van der Waals surface area contributed by atoms with Gasteiger partial charge in [-0.05, 0) is 30.7 Å². The van der Waals surface area contributed by atoms with E-state index in [0.717, 1.165) is 13.0 Å². The van der Waals surface area contributed by atoms with E-state index in [1.165, 1.54) is 12.1 Å². The minimum atomic E-state index is -4.96. The second-order valence-corrected chi connectivity index (χ2v) is 6.19. The fraction of sp³-hybridized carbons (Fsp3) is 0.235. The molecule has 0 radical (unpaired) electrons. The van der Waals surface area contributed by atoms with Crippen molar-refractivity contribution in [3.05, 3.63) is 48.0 Å². The topological polar surface area (TPSA) is 119 Å². The first kappa shape index (κ1) is 10.4. The van der Waals surface area contributed by atoms with Crippen LogP contribution in [0.25, 0.3) is 1.43 Å². The normalized spacial score (nSPS) is 16.9. The van der Waals surface area contributed by atoms with Gasteiger partial charge in [0.15, 0.2) is 7.16 Å². The maximum absolute atomic E-state index is 12.7. The van der Waals surface area contributed by atoms with Crippen LogP contribution in [0.1, 0.15) is 35.6 Å². The summed E-state index contributed by atoms with van der Waals surface area (Å²) in [7, 11) is -4.96. The van der Waals surface area contributed by atoms with Crippen LogP contribution in [0, 0.1) is 0 Å². The van der Waals surface area contributed by atoms with E-state index >= 15 is 0 Å². The summed E-state index contributed by atoms with van der Waals surface area (Å²) in [4.78, 5) is 11.1. The predicted molar refractivity (Wildman–Crippen MR) is 94.7 cm³/mol. The highest BCUT2D eigenvalue weighted by atomic mass is 32.2. The van der Waals surface area contributed by atoms with E-state index in [2.05, 4.69) is 5.11 Å². The minimum absolute atomic E-state index is 0.0484. The standard InChI is InChI=1S/C17H20N2O5S/c1-2-3-9-19-14-10-12(17(20)21)11-15(25(18,22)23)16(14)24-13-7-5-4-6-8-13/h4-8,10-11,19H,2-3,9H2,1H3,(H,20,21)(H2,18,22,23)/i2D2,9D2/hD4. The third-order valence-electron chi connectivity index (χ3n) is 2.97. The molecule has 0 heterocycles. The number of para-hydroxylation sites is 1. The lowest BCUT2D eigenvalue weighted by atomic mass is 10.1. The van der Waals surface area contributed by atoms with Gasteiger partial charge in [-0.25, -0.2) is 18.3 Å². The molecule has 0 amide bonds. The van der Waals surface area contributed by atoms with Crippen molar-refractivity contribution < 1.29 is 32.8 Å². The Hall–Kier alpha value is -2.58. The highest BCUT2D eigenvalue weighted by Crippen LogP contribution is 2.37. The molecule has 0 bridgehead atoms. The molecule has 4 N–H and O–H groups in total. The van der Waals surface area contributed by atoms with Crippen molar-refractivity contribution in [1.29, 1.82) is 1.43 Å². The molecule has 134 valence electrons. The number of rotatable bonds is 9. The molecule has 2 rings (SSSR count). The number of carboxylic acid groups (broad SMARTS) is 1. The number of ether oxygens (including phenoxy) is 1. The molecular formula is C17H20N2O5S. The number of hydrogen-bond acceptors (Lipinski definition) is 6. The summed E-state index contributed by atoms with van der Waals surface area (Å²) in [6.45, 7) is -1.65. The molecule has 0 fully saturated rings. The Kier molecular flexibility index (Phi) is 3.33. The smallest absolute Gasteiger partial charge is 0.335 e. The van der Waals surface area contributed by atoms with Gasteiger partial charge in [0, 0.05) is 12.0 Å². The number of carbonyl (C=O) groups is 1. The Morgan fingerprint density at radius 1 is 1.44 bits per heavy atom. The molecule has 8 heteroatoms. The highest BCUT2D eigenvalue weighted by molar-refractivity contribution is 7.89. The van der Waals surface area contributed by atoms with Crippen molar-refractivity contribution in [2.75, 3.05) is 11.8 Å². The van der Waals surface area contributed by atoms with Gasteiger partial charge >= 0.3 is 5.97 Å². The van der Waals surface area contributed by atoms with Crippen LogP contribution in [0.4, 0.5) is 5.69 Å². The SMILES string of the molecule is [2H]OC(=O)c1cc(N([2H])C([2H])([2H])CC([2H])([2H])C)c(Oc2ccccc2)c(S(=O)(=O)N([2H])[2H])c1. The second-order valence-electron chi connectivity index (χ2n) is 4.80. The lowest BCUT2D eigenvalue weighted by Crippen LogP contribution is -2.16. The van der Waals surface area contributed by atoms with Gasteiger partial charge < -0.3 is 15.2 Å². The lowest BCUT2D eigenvalue weighted by Gasteiger charge is -2.17. The van der Waals surface area contributed by atoms with E-state index in [4.69, 9.17) is 15.9 Å². The van der Waals surface area contributed by atoms with Crippen molar-refractivity contribution in [3.8, 4) is 11.5 Å². The van der Waals surface area contributed by atoms with Crippen molar-refractivity contribution >= 4 is 21.7 Å². The van der Waals surface area contributed by atoms with E-state index < -0.39 is 62.3 Å². The van der Waals surface area contributed by atoms with Crippen LogP contribution in [-0.4, -0.2) is 26.0 Å². The van der Waals surface area contributed by atoms with Crippen LogP contribution in [0.3, 0.4) is 0 Å². The second kappa shape index (κ2) is 8.00. The number of anilines is 1. The molecule has 0 aromatic heterocycles. The predicted octanol–water partition coefficient (Wildman–Crippen LogP) is 3.04. The minimum Gasteiger partial charge on any atom is -0.478 e. The summed E-state index contributed by atoms with van der Waals surface area (Å²) in [6.07, 6.45) is -2.90. The van der Waals surface area contributed by atoms with Crippen molar-refractivity contribution in [2.24, 2.45) is 5.13 Å². The number of nitrogens with two attached hydrogens (primary N) is 1. The number of nitrogens with one attached hydrogen (secondary N) is 1. The molecule has 0 aliphatic rings. The Morgan fingerprint density at radius 2 is 2.20 bits per heavy atom. The number of sulfonamides is 1. The lowest BCUT2D eigenvalue weighted by molar-refractivity contribution is 0.0696. The first-order valence-electron chi connectivity index (χ1n) is 10.8. The largest absolute Gasteiger partial charge is 0.478 e. The van der Waals surface area contributed by atoms with E-state index in [0.29, 0.717) is 6.07 Å². The van der Waals surface area contributed by atoms with Crippen LogP contribution >= 0.6 is 0 Å². The van der Waals surface area contributed by atoms with Gasteiger partial charge in [-0.1, -0.05) is 31.5 Å². The van der Waals surface area contributed by atoms with Gasteiger partial charge in [0.1, 0.15) is 13.5 Å². The summed E-state index contributed by atoms with van der Waals surface area (Å²) in [6, 6.07) is 9.05. The fourth-order valence-electron chi connectivity index (χ4n) is 1.89. The third kappa shape index (κ3) is 4.94.